The Morgan fingerprint density at radius 3 is 2.74 bits per heavy atom. The number of halogens is 3. The summed E-state index contributed by atoms with van der Waals surface area (Å²) >= 11 is 0. The summed E-state index contributed by atoms with van der Waals surface area (Å²) in [5.41, 5.74) is 0.492. The van der Waals surface area contributed by atoms with Gasteiger partial charge in [0.05, 0.1) is 5.56 Å². The minimum Gasteiger partial charge on any atom is -0.455 e. The zero-order valence-electron chi connectivity index (χ0n) is 14.1. The van der Waals surface area contributed by atoms with Crippen LogP contribution in [-0.2, 0) is 17.5 Å². The molecule has 3 aromatic rings. The fourth-order valence-electron chi connectivity index (χ4n) is 2.56. The van der Waals surface area contributed by atoms with Gasteiger partial charge in [-0.25, -0.2) is 0 Å². The first-order valence-corrected chi connectivity index (χ1v) is 8.00. The zero-order valence-corrected chi connectivity index (χ0v) is 14.1. The molecule has 1 aromatic heterocycles. The molecule has 2 aromatic carbocycles. The summed E-state index contributed by atoms with van der Waals surface area (Å²) in [6.45, 7) is 3.66. The normalized spacial score (nSPS) is 11.2. The lowest BCUT2D eigenvalue weighted by Gasteiger charge is -2.13. The van der Waals surface area contributed by atoms with Gasteiger partial charge in [0.1, 0.15) is 11.3 Å². The van der Waals surface area contributed by atoms with Gasteiger partial charge in [0, 0.05) is 18.1 Å². The molecule has 0 radical (unpaired) electrons. The number of fused-ring (bicyclic) bond motifs is 1. The van der Waals surface area contributed by atoms with Gasteiger partial charge in [0.2, 0.25) is 5.91 Å². The summed E-state index contributed by atoms with van der Waals surface area (Å²) < 4.78 is 44.3. The van der Waals surface area contributed by atoms with E-state index in [1.165, 1.54) is 18.2 Å². The number of nitrogens with one attached hydrogen (secondary N) is 1. The van der Waals surface area contributed by atoms with E-state index in [9.17, 15) is 18.0 Å². The first-order valence-electron chi connectivity index (χ1n) is 8.00. The molecule has 0 aliphatic carbocycles. The van der Waals surface area contributed by atoms with Crippen LogP contribution >= 0.6 is 0 Å². The van der Waals surface area contributed by atoms with Crippen molar-refractivity contribution in [2.24, 2.45) is 0 Å². The van der Waals surface area contributed by atoms with Crippen molar-refractivity contribution in [3.63, 3.8) is 0 Å². The van der Waals surface area contributed by atoms with E-state index in [1.807, 2.05) is 0 Å². The van der Waals surface area contributed by atoms with Crippen LogP contribution in [0.4, 0.5) is 13.2 Å². The van der Waals surface area contributed by atoms with E-state index in [0.29, 0.717) is 11.3 Å². The molecule has 0 aliphatic rings. The standard InChI is InChI=1S/C20H15F3N2O2/c1-2-18(26)25-12-13-8-9-17(19-16(13)7-4-10-24-19)27-15-6-3-5-14(11-15)20(21,22)23/h2-11H,1,12H2,(H,25,26). The van der Waals surface area contributed by atoms with Crippen LogP contribution in [0.2, 0.25) is 0 Å². The number of benzene rings is 2. The lowest BCUT2D eigenvalue weighted by atomic mass is 10.1. The summed E-state index contributed by atoms with van der Waals surface area (Å²) in [7, 11) is 0. The third kappa shape index (κ3) is 4.25. The third-order valence-electron chi connectivity index (χ3n) is 3.85. The smallest absolute Gasteiger partial charge is 0.416 e. The molecule has 3 rings (SSSR count). The van der Waals surface area contributed by atoms with E-state index < -0.39 is 11.7 Å². The Labute approximate surface area is 153 Å². The Hall–Kier alpha value is -3.35. The number of amides is 1. The minimum atomic E-state index is -4.45. The van der Waals surface area contributed by atoms with E-state index in [1.54, 1.807) is 30.5 Å². The summed E-state index contributed by atoms with van der Waals surface area (Å²) in [6.07, 6.45) is -1.72. The van der Waals surface area contributed by atoms with Crippen LogP contribution in [0.3, 0.4) is 0 Å². The second-order valence-corrected chi connectivity index (χ2v) is 5.67. The molecule has 0 saturated heterocycles. The number of pyridine rings is 1. The predicted molar refractivity (Wildman–Crippen MR) is 95.3 cm³/mol. The van der Waals surface area contributed by atoms with Crippen LogP contribution in [0, 0.1) is 0 Å². The largest absolute Gasteiger partial charge is 0.455 e. The van der Waals surface area contributed by atoms with Crippen molar-refractivity contribution in [1.29, 1.82) is 0 Å². The highest BCUT2D eigenvalue weighted by atomic mass is 19.4. The fourth-order valence-corrected chi connectivity index (χ4v) is 2.56. The van der Waals surface area contributed by atoms with Gasteiger partial charge in [0.15, 0.2) is 5.75 Å². The van der Waals surface area contributed by atoms with Crippen LogP contribution in [-0.4, -0.2) is 10.9 Å². The lowest BCUT2D eigenvalue weighted by Crippen LogP contribution is -2.20. The maximum absolute atomic E-state index is 12.9. The van der Waals surface area contributed by atoms with Crippen molar-refractivity contribution >= 4 is 16.8 Å². The highest BCUT2D eigenvalue weighted by Gasteiger charge is 2.30. The highest BCUT2D eigenvalue weighted by Crippen LogP contribution is 2.34. The van der Waals surface area contributed by atoms with E-state index >= 15 is 0 Å². The van der Waals surface area contributed by atoms with Gasteiger partial charge in [-0.3, -0.25) is 9.78 Å². The molecule has 0 aliphatic heterocycles. The first kappa shape index (κ1) is 18.4. The first-order chi connectivity index (χ1) is 12.9. The van der Waals surface area contributed by atoms with Gasteiger partial charge < -0.3 is 10.1 Å². The summed E-state index contributed by atoms with van der Waals surface area (Å²) in [6, 6.07) is 11.5. The SMILES string of the molecule is C=CC(=O)NCc1ccc(Oc2cccc(C(F)(F)F)c2)c2ncccc12. The Balaban J connectivity index is 1.94. The highest BCUT2D eigenvalue weighted by molar-refractivity contribution is 5.89. The molecule has 27 heavy (non-hydrogen) atoms. The molecule has 0 unspecified atom stereocenters. The van der Waals surface area contributed by atoms with Gasteiger partial charge in [0.25, 0.3) is 0 Å². The quantitative estimate of drug-likeness (QED) is 0.652. The van der Waals surface area contributed by atoms with Crippen molar-refractivity contribution in [1.82, 2.24) is 10.3 Å². The van der Waals surface area contributed by atoms with Crippen LogP contribution in [0.25, 0.3) is 10.9 Å². The number of rotatable bonds is 5. The molecule has 0 atom stereocenters. The molecule has 0 saturated carbocycles. The van der Waals surface area contributed by atoms with E-state index in [2.05, 4.69) is 16.9 Å². The van der Waals surface area contributed by atoms with Crippen LogP contribution in [0.15, 0.2) is 67.4 Å². The maximum atomic E-state index is 12.9. The van der Waals surface area contributed by atoms with Crippen molar-refractivity contribution < 1.29 is 22.7 Å². The number of carbonyl (C=O) groups excluding carboxylic acids is 1. The molecular weight excluding hydrogens is 357 g/mol. The monoisotopic (exact) mass is 372 g/mol. The van der Waals surface area contributed by atoms with Crippen LogP contribution in [0.1, 0.15) is 11.1 Å². The zero-order chi connectivity index (χ0) is 19.4. The Bertz CT molecular complexity index is 1000. The van der Waals surface area contributed by atoms with E-state index in [-0.39, 0.29) is 18.2 Å². The molecular formula is C20H15F3N2O2. The van der Waals surface area contributed by atoms with Crippen molar-refractivity contribution in [2.45, 2.75) is 12.7 Å². The van der Waals surface area contributed by atoms with Crippen molar-refractivity contribution in [2.75, 3.05) is 0 Å². The number of aromatic nitrogens is 1. The summed E-state index contributed by atoms with van der Waals surface area (Å²) in [5, 5.41) is 3.41. The Morgan fingerprint density at radius 1 is 1.19 bits per heavy atom. The Morgan fingerprint density at radius 2 is 2.00 bits per heavy atom. The lowest BCUT2D eigenvalue weighted by molar-refractivity contribution is -0.137. The molecule has 1 heterocycles. The number of hydrogen-bond donors (Lipinski definition) is 1. The van der Waals surface area contributed by atoms with Gasteiger partial charge in [-0.15, -0.1) is 0 Å². The van der Waals surface area contributed by atoms with Gasteiger partial charge >= 0.3 is 6.18 Å². The number of nitrogens with zero attached hydrogens (tertiary/aromatic N) is 1. The average Bonchev–Trinajstić information content (AvgIpc) is 2.66. The maximum Gasteiger partial charge on any atom is 0.416 e. The van der Waals surface area contributed by atoms with Gasteiger partial charge in [-0.05, 0) is 42.0 Å². The molecule has 0 fully saturated rings. The molecule has 138 valence electrons. The van der Waals surface area contributed by atoms with Crippen molar-refractivity contribution in [3.8, 4) is 11.5 Å². The van der Waals surface area contributed by atoms with E-state index in [0.717, 1.165) is 23.1 Å². The number of hydrogen-bond acceptors (Lipinski definition) is 3. The Kier molecular flexibility index (Phi) is 5.12. The van der Waals surface area contributed by atoms with Gasteiger partial charge in [-0.2, -0.15) is 13.2 Å². The number of carbonyl (C=O) groups is 1. The molecule has 0 bridgehead atoms. The van der Waals surface area contributed by atoms with Crippen LogP contribution in [0.5, 0.6) is 11.5 Å². The summed E-state index contributed by atoms with van der Waals surface area (Å²) in [4.78, 5) is 15.7. The minimum absolute atomic E-state index is 0.0597. The molecule has 1 N–H and O–H groups in total. The van der Waals surface area contributed by atoms with E-state index in [4.69, 9.17) is 4.74 Å². The summed E-state index contributed by atoms with van der Waals surface area (Å²) in [5.74, 6) is 0.0737. The van der Waals surface area contributed by atoms with Crippen molar-refractivity contribution in [3.05, 3.63) is 78.5 Å². The van der Waals surface area contributed by atoms with Crippen LogP contribution < -0.4 is 10.1 Å². The average molecular weight is 372 g/mol. The predicted octanol–water partition coefficient (Wildman–Crippen LogP) is 4.85. The molecule has 7 heteroatoms. The molecule has 1 amide bonds. The molecule has 0 spiro atoms. The third-order valence-corrected chi connectivity index (χ3v) is 3.85. The number of ether oxygens (including phenoxy) is 1. The topological polar surface area (TPSA) is 51.2 Å². The van der Waals surface area contributed by atoms with Gasteiger partial charge in [-0.1, -0.05) is 24.8 Å². The second-order valence-electron chi connectivity index (χ2n) is 5.67. The number of alkyl halides is 3. The second kappa shape index (κ2) is 7.49. The molecule has 4 nitrogen and oxygen atoms in total. The fraction of sp³-hybridized carbons (Fsp3) is 0.100.